The van der Waals surface area contributed by atoms with Crippen molar-refractivity contribution in [3.8, 4) is 0 Å². The molecule has 1 saturated carbocycles. The molecule has 152 valence electrons. The fourth-order valence-corrected chi connectivity index (χ4v) is 5.36. The van der Waals surface area contributed by atoms with Crippen LogP contribution in [-0.2, 0) is 18.8 Å². The summed E-state index contributed by atoms with van der Waals surface area (Å²) in [5, 5.41) is 0.133. The van der Waals surface area contributed by atoms with Gasteiger partial charge in [-0.25, -0.2) is 0 Å². The number of allylic oxidation sites excluding steroid dienone is 1. The van der Waals surface area contributed by atoms with Crippen LogP contribution in [0.3, 0.4) is 0 Å². The molecule has 0 aromatic heterocycles. The van der Waals surface area contributed by atoms with E-state index in [1.165, 1.54) is 6.26 Å². The second-order valence-electron chi connectivity index (χ2n) is 10.2. The van der Waals surface area contributed by atoms with E-state index >= 15 is 0 Å². The van der Waals surface area contributed by atoms with Crippen LogP contribution in [0.25, 0.3) is 0 Å². The summed E-state index contributed by atoms with van der Waals surface area (Å²) in [6, 6.07) is 0. The number of fused-ring (bicyclic) bond motifs is 1. The maximum atomic E-state index is 13.1. The molecule has 0 aromatic rings. The first-order valence-corrected chi connectivity index (χ1v) is 12.8. The maximum absolute atomic E-state index is 13.1. The van der Waals surface area contributed by atoms with Crippen molar-refractivity contribution in [1.29, 1.82) is 0 Å². The third kappa shape index (κ3) is 3.49. The first kappa shape index (κ1) is 22.1. The zero-order valence-corrected chi connectivity index (χ0v) is 19.3. The highest BCUT2D eigenvalue weighted by Crippen LogP contribution is 2.57. The minimum absolute atomic E-state index is 0.101. The molecule has 2 aliphatic rings. The Kier molecular flexibility index (Phi) is 5.72. The average Bonchev–Trinajstić information content (AvgIpc) is 2.86. The van der Waals surface area contributed by atoms with Crippen LogP contribution in [-0.4, -0.2) is 26.7 Å². The minimum atomic E-state index is -1.88. The molecular formula is C22H36O4Si. The van der Waals surface area contributed by atoms with Gasteiger partial charge in [0.2, 0.25) is 0 Å². The van der Waals surface area contributed by atoms with Crippen LogP contribution < -0.4 is 0 Å². The predicted octanol–water partition coefficient (Wildman–Crippen LogP) is 5.26. The van der Waals surface area contributed by atoms with Crippen LogP contribution in [0, 0.1) is 22.7 Å². The third-order valence-corrected chi connectivity index (χ3v) is 11.9. The molecule has 5 heteroatoms. The topological polar surface area (TPSA) is 52.6 Å². The summed E-state index contributed by atoms with van der Waals surface area (Å²) in [5.41, 5.74) is -0.679. The lowest BCUT2D eigenvalue weighted by molar-refractivity contribution is -0.146. The number of rotatable bonds is 6. The van der Waals surface area contributed by atoms with Gasteiger partial charge in [-0.15, -0.1) is 6.58 Å². The normalized spacial score (nSPS) is 31.0. The standard InChI is InChI=1S/C22H36O4Si/c1-10-16(15(2)13-26-27(8,9)20(3,4)5)22(7)17-14-25-19(24)21(17,6)12-11-18(22)23/h10,14-16H,1,11-13H2,2-9H3/t15-,16+,21-,22-/m0/s1. The number of hydrogen-bond acceptors (Lipinski definition) is 4. The molecule has 0 N–H and O–H groups in total. The predicted molar refractivity (Wildman–Crippen MR) is 111 cm³/mol. The second kappa shape index (κ2) is 7.00. The van der Waals surface area contributed by atoms with Gasteiger partial charge in [-0.1, -0.05) is 33.8 Å². The lowest BCUT2D eigenvalue weighted by Gasteiger charge is -2.47. The number of Topliss-reactive ketones (excluding diaryl/α,β-unsaturated/α-hetero) is 1. The fourth-order valence-electron chi connectivity index (χ4n) is 4.25. The van der Waals surface area contributed by atoms with Crippen molar-refractivity contribution in [2.75, 3.05) is 6.61 Å². The van der Waals surface area contributed by atoms with Gasteiger partial charge < -0.3 is 9.16 Å². The van der Waals surface area contributed by atoms with E-state index in [-0.39, 0.29) is 28.6 Å². The summed E-state index contributed by atoms with van der Waals surface area (Å²) in [4.78, 5) is 25.4. The summed E-state index contributed by atoms with van der Waals surface area (Å²) >= 11 is 0. The number of ether oxygens (including phenoxy) is 1. The van der Waals surface area contributed by atoms with E-state index in [0.29, 0.717) is 19.4 Å². The smallest absolute Gasteiger partial charge is 0.320 e. The van der Waals surface area contributed by atoms with Crippen LogP contribution >= 0.6 is 0 Å². The lowest BCUT2D eigenvalue weighted by Crippen LogP contribution is -2.50. The maximum Gasteiger partial charge on any atom is 0.320 e. The van der Waals surface area contributed by atoms with E-state index in [9.17, 15) is 9.59 Å². The van der Waals surface area contributed by atoms with Crippen LogP contribution in [0.4, 0.5) is 0 Å². The zero-order valence-electron chi connectivity index (χ0n) is 18.3. The summed E-state index contributed by atoms with van der Waals surface area (Å²) < 4.78 is 11.7. The van der Waals surface area contributed by atoms with Crippen LogP contribution in [0.15, 0.2) is 24.5 Å². The Morgan fingerprint density at radius 2 is 1.93 bits per heavy atom. The summed E-state index contributed by atoms with van der Waals surface area (Å²) in [6.07, 6.45) is 4.30. The number of cyclic esters (lactones) is 1. The summed E-state index contributed by atoms with van der Waals surface area (Å²) in [5.74, 6) is -0.0996. The van der Waals surface area contributed by atoms with Crippen LogP contribution in [0.1, 0.15) is 54.4 Å². The molecule has 4 atom stereocenters. The van der Waals surface area contributed by atoms with Crippen LogP contribution in [0.2, 0.25) is 18.1 Å². The molecular weight excluding hydrogens is 356 g/mol. The van der Waals surface area contributed by atoms with Gasteiger partial charge in [-0.05, 0) is 55.8 Å². The van der Waals surface area contributed by atoms with E-state index in [2.05, 4.69) is 47.4 Å². The number of ketones is 1. The highest BCUT2D eigenvalue weighted by molar-refractivity contribution is 6.74. The summed E-state index contributed by atoms with van der Waals surface area (Å²) in [6.45, 7) is 21.7. The Balaban J connectivity index is 2.30. The SMILES string of the molecule is C=C[C@H]([C@@H](C)CO[Si](C)(C)C(C)(C)C)[C@]1(C)C(=O)CC[C@]2(C)C(=O)OC=C21. The molecule has 27 heavy (non-hydrogen) atoms. The number of hydrogen-bond donors (Lipinski definition) is 0. The molecule has 1 aliphatic carbocycles. The van der Waals surface area contributed by atoms with Gasteiger partial charge in [-0.2, -0.15) is 0 Å². The monoisotopic (exact) mass is 392 g/mol. The van der Waals surface area contributed by atoms with E-state index in [1.54, 1.807) is 0 Å². The van der Waals surface area contributed by atoms with Crippen molar-refractivity contribution >= 4 is 20.1 Å². The number of esters is 1. The van der Waals surface area contributed by atoms with Gasteiger partial charge in [-0.3, -0.25) is 9.59 Å². The van der Waals surface area contributed by atoms with E-state index in [4.69, 9.17) is 9.16 Å². The van der Waals surface area contributed by atoms with E-state index < -0.39 is 19.1 Å². The van der Waals surface area contributed by atoms with Gasteiger partial charge in [0.25, 0.3) is 0 Å². The largest absolute Gasteiger partial charge is 0.434 e. The molecule has 2 rings (SSSR count). The van der Waals surface area contributed by atoms with E-state index in [1.807, 2.05) is 19.9 Å². The molecule has 1 fully saturated rings. The van der Waals surface area contributed by atoms with Crippen molar-refractivity contribution in [2.45, 2.75) is 72.5 Å². The van der Waals surface area contributed by atoms with Gasteiger partial charge >= 0.3 is 5.97 Å². The van der Waals surface area contributed by atoms with Crippen molar-refractivity contribution in [2.24, 2.45) is 22.7 Å². The van der Waals surface area contributed by atoms with Crippen molar-refractivity contribution in [3.05, 3.63) is 24.5 Å². The Hall–Kier alpha value is -1.20. The molecule has 0 bridgehead atoms. The van der Waals surface area contributed by atoms with E-state index in [0.717, 1.165) is 5.57 Å². The average molecular weight is 393 g/mol. The highest BCUT2D eigenvalue weighted by Gasteiger charge is 2.59. The first-order chi connectivity index (χ1) is 12.2. The molecule has 0 spiro atoms. The molecule has 0 unspecified atom stereocenters. The van der Waals surface area contributed by atoms with Gasteiger partial charge in [0.1, 0.15) is 5.78 Å². The minimum Gasteiger partial charge on any atom is -0.434 e. The Bertz CT molecular complexity index is 672. The molecule has 0 saturated heterocycles. The first-order valence-electron chi connectivity index (χ1n) is 9.94. The van der Waals surface area contributed by atoms with Crippen molar-refractivity contribution < 1.29 is 18.8 Å². The van der Waals surface area contributed by atoms with Gasteiger partial charge in [0.15, 0.2) is 8.32 Å². The fraction of sp³-hybridized carbons (Fsp3) is 0.727. The number of carbonyl (C=O) groups is 2. The number of carbonyl (C=O) groups excluding carboxylic acids is 2. The third-order valence-electron chi connectivity index (χ3n) is 7.37. The molecule has 0 aromatic carbocycles. The highest BCUT2D eigenvalue weighted by atomic mass is 28.4. The quantitative estimate of drug-likeness (QED) is 0.351. The van der Waals surface area contributed by atoms with Gasteiger partial charge in [0.05, 0.1) is 17.1 Å². The molecule has 0 radical (unpaired) electrons. The molecule has 1 heterocycles. The Morgan fingerprint density at radius 1 is 1.33 bits per heavy atom. The Labute approximate surface area is 165 Å². The molecule has 1 aliphatic heterocycles. The summed E-state index contributed by atoms with van der Waals surface area (Å²) in [7, 11) is -1.88. The second-order valence-corrected chi connectivity index (χ2v) is 15.0. The van der Waals surface area contributed by atoms with Crippen molar-refractivity contribution in [3.63, 3.8) is 0 Å². The zero-order chi connectivity index (χ0) is 20.8. The molecule has 4 nitrogen and oxygen atoms in total. The molecule has 0 amide bonds. The Morgan fingerprint density at radius 3 is 2.44 bits per heavy atom. The van der Waals surface area contributed by atoms with Gasteiger partial charge in [0, 0.05) is 13.0 Å². The van der Waals surface area contributed by atoms with Crippen molar-refractivity contribution in [1.82, 2.24) is 0 Å². The lowest BCUT2D eigenvalue weighted by atomic mass is 9.54. The van der Waals surface area contributed by atoms with Crippen LogP contribution in [0.5, 0.6) is 0 Å².